The predicted octanol–water partition coefficient (Wildman–Crippen LogP) is 1.84. The Morgan fingerprint density at radius 1 is 1.56 bits per heavy atom. The summed E-state index contributed by atoms with van der Waals surface area (Å²) in [5.41, 5.74) is 0. The number of hydrogen-bond acceptors (Lipinski definition) is 4. The zero-order chi connectivity index (χ0) is 11.2. The SMILES string of the molecule is CCn1ccnc1CNCC1CSCCS1. The molecule has 0 saturated carbocycles. The molecule has 0 amide bonds. The molecule has 0 spiro atoms. The van der Waals surface area contributed by atoms with Crippen molar-refractivity contribution in [1.29, 1.82) is 0 Å². The van der Waals surface area contributed by atoms with E-state index in [0.29, 0.717) is 0 Å². The van der Waals surface area contributed by atoms with Crippen LogP contribution in [0.25, 0.3) is 0 Å². The van der Waals surface area contributed by atoms with Crippen molar-refractivity contribution in [3.63, 3.8) is 0 Å². The molecule has 3 nitrogen and oxygen atoms in total. The Morgan fingerprint density at radius 3 is 3.25 bits per heavy atom. The van der Waals surface area contributed by atoms with Gasteiger partial charge in [-0.25, -0.2) is 4.98 Å². The minimum Gasteiger partial charge on any atom is -0.334 e. The number of hydrogen-bond donors (Lipinski definition) is 1. The van der Waals surface area contributed by atoms with Crippen molar-refractivity contribution in [3.8, 4) is 0 Å². The summed E-state index contributed by atoms with van der Waals surface area (Å²) in [6.45, 7) is 5.15. The molecular formula is C11H19N3S2. The van der Waals surface area contributed by atoms with Crippen LogP contribution in [-0.2, 0) is 13.1 Å². The highest BCUT2D eigenvalue weighted by atomic mass is 32.2. The molecule has 0 aliphatic carbocycles. The van der Waals surface area contributed by atoms with E-state index in [9.17, 15) is 0 Å². The van der Waals surface area contributed by atoms with Crippen molar-refractivity contribution >= 4 is 23.5 Å². The summed E-state index contributed by atoms with van der Waals surface area (Å²) in [7, 11) is 0. The van der Waals surface area contributed by atoms with E-state index in [4.69, 9.17) is 0 Å². The van der Waals surface area contributed by atoms with E-state index in [2.05, 4.69) is 45.3 Å². The molecule has 0 bridgehead atoms. The van der Waals surface area contributed by atoms with E-state index in [1.165, 1.54) is 17.3 Å². The van der Waals surface area contributed by atoms with Gasteiger partial charge in [0.05, 0.1) is 6.54 Å². The van der Waals surface area contributed by atoms with E-state index in [0.717, 1.165) is 30.7 Å². The van der Waals surface area contributed by atoms with Crippen molar-refractivity contribution in [2.75, 3.05) is 23.8 Å². The fourth-order valence-electron chi connectivity index (χ4n) is 1.79. The zero-order valence-electron chi connectivity index (χ0n) is 9.69. The van der Waals surface area contributed by atoms with Crippen molar-refractivity contribution in [2.24, 2.45) is 0 Å². The topological polar surface area (TPSA) is 29.9 Å². The number of nitrogens with one attached hydrogen (secondary N) is 1. The molecule has 0 radical (unpaired) electrons. The molecule has 0 aromatic carbocycles. The molecule has 1 aliphatic heterocycles. The fraction of sp³-hybridized carbons (Fsp3) is 0.727. The van der Waals surface area contributed by atoms with Gasteiger partial charge in [0.25, 0.3) is 0 Å². The molecule has 2 heterocycles. The van der Waals surface area contributed by atoms with Gasteiger partial charge in [-0.3, -0.25) is 0 Å². The first kappa shape index (κ1) is 12.3. The van der Waals surface area contributed by atoms with Gasteiger partial charge in [-0.15, -0.1) is 0 Å². The van der Waals surface area contributed by atoms with Crippen molar-refractivity contribution in [3.05, 3.63) is 18.2 Å². The Morgan fingerprint density at radius 2 is 2.50 bits per heavy atom. The first-order valence-electron chi connectivity index (χ1n) is 5.80. The largest absolute Gasteiger partial charge is 0.334 e. The number of thioether (sulfide) groups is 2. The Hall–Kier alpha value is -0.130. The highest BCUT2D eigenvalue weighted by Crippen LogP contribution is 2.23. The average Bonchev–Trinajstić information content (AvgIpc) is 2.78. The first-order chi connectivity index (χ1) is 7.90. The van der Waals surface area contributed by atoms with E-state index in [-0.39, 0.29) is 0 Å². The molecule has 1 aromatic heterocycles. The summed E-state index contributed by atoms with van der Waals surface area (Å²) < 4.78 is 2.19. The van der Waals surface area contributed by atoms with E-state index >= 15 is 0 Å². The van der Waals surface area contributed by atoms with Gasteiger partial charge >= 0.3 is 0 Å². The third kappa shape index (κ3) is 3.43. The fourth-order valence-corrected chi connectivity index (χ4v) is 4.44. The Balaban J connectivity index is 1.71. The second-order valence-electron chi connectivity index (χ2n) is 3.83. The van der Waals surface area contributed by atoms with Crippen LogP contribution in [-0.4, -0.2) is 38.6 Å². The normalized spacial score (nSPS) is 21.2. The van der Waals surface area contributed by atoms with Crippen molar-refractivity contribution in [2.45, 2.75) is 25.3 Å². The molecule has 5 heteroatoms. The lowest BCUT2D eigenvalue weighted by molar-refractivity contribution is 0.613. The van der Waals surface area contributed by atoms with Crippen LogP contribution in [0.3, 0.4) is 0 Å². The third-order valence-electron chi connectivity index (χ3n) is 2.68. The van der Waals surface area contributed by atoms with Gasteiger partial charge in [0.15, 0.2) is 0 Å². The van der Waals surface area contributed by atoms with Crippen LogP contribution in [0.5, 0.6) is 0 Å². The van der Waals surface area contributed by atoms with Gasteiger partial charge in [-0.1, -0.05) is 0 Å². The summed E-state index contributed by atoms with van der Waals surface area (Å²) in [6.07, 6.45) is 3.92. The second-order valence-corrected chi connectivity index (χ2v) is 6.39. The maximum Gasteiger partial charge on any atom is 0.122 e. The highest BCUT2D eigenvalue weighted by molar-refractivity contribution is 8.06. The summed E-state index contributed by atoms with van der Waals surface area (Å²) in [6, 6.07) is 0. The lowest BCUT2D eigenvalue weighted by Crippen LogP contribution is -2.29. The molecule has 1 atom stereocenters. The smallest absolute Gasteiger partial charge is 0.122 e. The van der Waals surface area contributed by atoms with Crippen molar-refractivity contribution in [1.82, 2.24) is 14.9 Å². The zero-order valence-corrected chi connectivity index (χ0v) is 11.3. The minimum atomic E-state index is 0.781. The monoisotopic (exact) mass is 257 g/mol. The number of aromatic nitrogens is 2. The van der Waals surface area contributed by atoms with Crippen LogP contribution in [0, 0.1) is 0 Å². The molecule has 1 N–H and O–H groups in total. The second kappa shape index (κ2) is 6.57. The lowest BCUT2D eigenvalue weighted by atomic mass is 10.4. The van der Waals surface area contributed by atoms with Crippen LogP contribution in [0.2, 0.25) is 0 Å². The molecule has 1 fully saturated rings. The minimum absolute atomic E-state index is 0.781. The van der Waals surface area contributed by atoms with Gasteiger partial charge in [0.2, 0.25) is 0 Å². The number of rotatable bonds is 5. The standard InChI is InChI=1S/C11H19N3S2/c1-2-14-4-3-13-11(14)8-12-7-10-9-15-5-6-16-10/h3-4,10,12H,2,5-9H2,1H3. The Bertz CT molecular complexity index is 308. The van der Waals surface area contributed by atoms with E-state index in [1.807, 2.05) is 12.4 Å². The van der Waals surface area contributed by atoms with Crippen LogP contribution < -0.4 is 5.32 Å². The van der Waals surface area contributed by atoms with Gasteiger partial charge < -0.3 is 9.88 Å². The molecule has 1 unspecified atom stereocenters. The third-order valence-corrected chi connectivity index (χ3v) is 5.53. The number of nitrogens with zero attached hydrogens (tertiary/aromatic N) is 2. The number of imidazole rings is 1. The summed E-state index contributed by atoms with van der Waals surface area (Å²) >= 11 is 4.18. The van der Waals surface area contributed by atoms with Crippen LogP contribution in [0.15, 0.2) is 12.4 Å². The predicted molar refractivity (Wildman–Crippen MR) is 73.2 cm³/mol. The van der Waals surface area contributed by atoms with Gasteiger partial charge in [-0.2, -0.15) is 23.5 Å². The van der Waals surface area contributed by atoms with Gasteiger partial charge in [0, 0.05) is 48.0 Å². The molecule has 2 rings (SSSR count). The lowest BCUT2D eigenvalue weighted by Gasteiger charge is -2.21. The van der Waals surface area contributed by atoms with Crippen LogP contribution >= 0.6 is 23.5 Å². The summed E-state index contributed by atoms with van der Waals surface area (Å²) in [4.78, 5) is 4.36. The number of aryl methyl sites for hydroxylation is 1. The molecule has 16 heavy (non-hydrogen) atoms. The van der Waals surface area contributed by atoms with E-state index in [1.54, 1.807) is 0 Å². The van der Waals surface area contributed by atoms with Gasteiger partial charge in [-0.05, 0) is 6.92 Å². The van der Waals surface area contributed by atoms with E-state index < -0.39 is 0 Å². The quantitative estimate of drug-likeness (QED) is 0.872. The maximum atomic E-state index is 4.36. The Kier molecular flexibility index (Phi) is 5.06. The maximum absolute atomic E-state index is 4.36. The molecule has 90 valence electrons. The molecule has 1 aliphatic rings. The first-order valence-corrected chi connectivity index (χ1v) is 8.00. The highest BCUT2D eigenvalue weighted by Gasteiger charge is 2.13. The molecular weight excluding hydrogens is 238 g/mol. The van der Waals surface area contributed by atoms with Crippen molar-refractivity contribution < 1.29 is 0 Å². The van der Waals surface area contributed by atoms with Gasteiger partial charge in [0.1, 0.15) is 5.82 Å². The Labute approximate surface area is 106 Å². The van der Waals surface area contributed by atoms with Crippen LogP contribution in [0.4, 0.5) is 0 Å². The summed E-state index contributed by atoms with van der Waals surface area (Å²) in [5, 5.41) is 4.30. The molecule has 1 saturated heterocycles. The molecule has 1 aromatic rings. The summed E-state index contributed by atoms with van der Waals surface area (Å²) in [5.74, 6) is 5.07. The average molecular weight is 257 g/mol. The van der Waals surface area contributed by atoms with Crippen LogP contribution in [0.1, 0.15) is 12.7 Å².